The second-order valence-corrected chi connectivity index (χ2v) is 2.33. The van der Waals surface area contributed by atoms with Crippen molar-refractivity contribution in [3.8, 4) is 0 Å². The third-order valence-electron chi connectivity index (χ3n) is 1.28. The molecule has 0 aliphatic rings. The monoisotopic (exact) mass is 162 g/mol. The minimum Gasteiger partial charge on any atom is -0.481 e. The van der Waals surface area contributed by atoms with E-state index < -0.39 is 24.0 Å². The Morgan fingerprint density at radius 3 is 2.00 bits per heavy atom. The number of rotatable bonds is 4. The van der Waals surface area contributed by atoms with E-state index in [0.717, 1.165) is 0 Å². The molecule has 2 atom stereocenters. The van der Waals surface area contributed by atoms with Gasteiger partial charge in [0, 0.05) is 0 Å². The van der Waals surface area contributed by atoms with Crippen LogP contribution in [0.1, 0.15) is 13.3 Å². The standard InChI is InChI=1S/C6H10O5/c1-3(5(8)9)2-4(7)6(10)11/h3-4,7H,2H2,1H3,(H,8,9)(H,10,11)/t3?,4-/m0/s1. The summed E-state index contributed by atoms with van der Waals surface area (Å²) in [5.74, 6) is -3.33. The van der Waals surface area contributed by atoms with E-state index in [4.69, 9.17) is 15.3 Å². The van der Waals surface area contributed by atoms with E-state index in [9.17, 15) is 9.59 Å². The number of hydrogen-bond donors (Lipinski definition) is 3. The highest BCUT2D eigenvalue weighted by Crippen LogP contribution is 2.05. The van der Waals surface area contributed by atoms with Gasteiger partial charge in [-0.15, -0.1) is 0 Å². The first-order valence-corrected chi connectivity index (χ1v) is 3.08. The Bertz CT molecular complexity index is 146. The van der Waals surface area contributed by atoms with E-state index in [1.165, 1.54) is 6.92 Å². The molecular weight excluding hydrogens is 152 g/mol. The summed E-state index contributed by atoms with van der Waals surface area (Å²) in [5.41, 5.74) is 0. The third-order valence-corrected chi connectivity index (χ3v) is 1.28. The zero-order valence-corrected chi connectivity index (χ0v) is 6.02. The third kappa shape index (κ3) is 3.57. The normalized spacial score (nSPS) is 15.5. The predicted molar refractivity (Wildman–Crippen MR) is 35.1 cm³/mol. The van der Waals surface area contributed by atoms with Crippen molar-refractivity contribution in [2.45, 2.75) is 19.4 Å². The van der Waals surface area contributed by atoms with Crippen LogP contribution in [0.5, 0.6) is 0 Å². The molecule has 64 valence electrons. The Labute approximate surface area is 63.3 Å². The van der Waals surface area contributed by atoms with Gasteiger partial charge in [0.15, 0.2) is 6.10 Å². The van der Waals surface area contributed by atoms with Gasteiger partial charge in [-0.2, -0.15) is 0 Å². The molecule has 0 spiro atoms. The summed E-state index contributed by atoms with van der Waals surface area (Å²) in [6.07, 6.45) is -1.84. The summed E-state index contributed by atoms with van der Waals surface area (Å²) in [6, 6.07) is 0. The molecule has 0 aliphatic heterocycles. The fraction of sp³-hybridized carbons (Fsp3) is 0.667. The van der Waals surface area contributed by atoms with Gasteiger partial charge in [-0.05, 0) is 6.42 Å². The van der Waals surface area contributed by atoms with Gasteiger partial charge in [0.05, 0.1) is 5.92 Å². The maximum atomic E-state index is 10.2. The van der Waals surface area contributed by atoms with Crippen molar-refractivity contribution >= 4 is 11.9 Å². The maximum Gasteiger partial charge on any atom is 0.332 e. The molecule has 0 aliphatic carbocycles. The summed E-state index contributed by atoms with van der Waals surface area (Å²) in [6.45, 7) is 1.34. The van der Waals surface area contributed by atoms with E-state index in [1.54, 1.807) is 0 Å². The van der Waals surface area contributed by atoms with Crippen LogP contribution in [0.25, 0.3) is 0 Å². The quantitative estimate of drug-likeness (QED) is 0.520. The molecule has 0 bridgehead atoms. The minimum absolute atomic E-state index is 0.259. The maximum absolute atomic E-state index is 10.2. The lowest BCUT2D eigenvalue weighted by Gasteiger charge is -2.07. The molecule has 5 heteroatoms. The van der Waals surface area contributed by atoms with Gasteiger partial charge in [-0.1, -0.05) is 6.92 Å². The van der Waals surface area contributed by atoms with Crippen molar-refractivity contribution in [1.29, 1.82) is 0 Å². The first kappa shape index (κ1) is 9.90. The van der Waals surface area contributed by atoms with Crippen LogP contribution in [0.2, 0.25) is 0 Å². The average Bonchev–Trinajstić information content (AvgIpc) is 1.87. The van der Waals surface area contributed by atoms with Gasteiger partial charge in [0.2, 0.25) is 0 Å². The van der Waals surface area contributed by atoms with E-state index in [1.807, 2.05) is 0 Å². The molecular formula is C6H10O5. The molecule has 1 unspecified atom stereocenters. The topological polar surface area (TPSA) is 94.8 Å². The average molecular weight is 162 g/mol. The lowest BCUT2D eigenvalue weighted by Crippen LogP contribution is -2.25. The molecule has 0 saturated heterocycles. The van der Waals surface area contributed by atoms with Crippen LogP contribution in [0, 0.1) is 5.92 Å². The number of aliphatic hydroxyl groups is 1. The van der Waals surface area contributed by atoms with Crippen molar-refractivity contribution in [1.82, 2.24) is 0 Å². The molecule has 5 nitrogen and oxygen atoms in total. The highest BCUT2D eigenvalue weighted by molar-refractivity contribution is 5.74. The van der Waals surface area contributed by atoms with Crippen LogP contribution < -0.4 is 0 Å². The van der Waals surface area contributed by atoms with Crippen molar-refractivity contribution < 1.29 is 24.9 Å². The van der Waals surface area contributed by atoms with Gasteiger partial charge >= 0.3 is 11.9 Å². The highest BCUT2D eigenvalue weighted by atomic mass is 16.4. The molecule has 3 N–H and O–H groups in total. The van der Waals surface area contributed by atoms with Crippen LogP contribution in [0.3, 0.4) is 0 Å². The van der Waals surface area contributed by atoms with Gasteiger partial charge < -0.3 is 15.3 Å². The molecule has 0 rings (SSSR count). The van der Waals surface area contributed by atoms with Gasteiger partial charge in [-0.3, -0.25) is 4.79 Å². The number of hydrogen-bond acceptors (Lipinski definition) is 3. The molecule has 0 amide bonds. The van der Waals surface area contributed by atoms with Gasteiger partial charge in [0.1, 0.15) is 0 Å². The minimum atomic E-state index is -1.58. The van der Waals surface area contributed by atoms with Crippen molar-refractivity contribution in [3.05, 3.63) is 0 Å². The SMILES string of the molecule is CC(C[C@H](O)C(=O)O)C(=O)O. The number of aliphatic hydroxyl groups excluding tert-OH is 1. The molecule has 0 heterocycles. The highest BCUT2D eigenvalue weighted by Gasteiger charge is 2.20. The summed E-state index contributed by atoms with van der Waals surface area (Å²) in [7, 11) is 0. The largest absolute Gasteiger partial charge is 0.481 e. The predicted octanol–water partition coefficient (Wildman–Crippen LogP) is -0.457. The van der Waals surface area contributed by atoms with Crippen LogP contribution in [-0.2, 0) is 9.59 Å². The number of carboxylic acid groups (broad SMARTS) is 2. The fourth-order valence-corrected chi connectivity index (χ4v) is 0.537. The molecule has 0 saturated carbocycles. The Kier molecular flexibility index (Phi) is 3.53. The Balaban J connectivity index is 3.84. The van der Waals surface area contributed by atoms with E-state index in [-0.39, 0.29) is 6.42 Å². The summed E-state index contributed by atoms with van der Waals surface area (Å²) < 4.78 is 0. The number of carbonyl (C=O) groups is 2. The van der Waals surface area contributed by atoms with Crippen LogP contribution >= 0.6 is 0 Å². The van der Waals surface area contributed by atoms with Gasteiger partial charge in [-0.25, -0.2) is 4.79 Å². The zero-order chi connectivity index (χ0) is 9.02. The lowest BCUT2D eigenvalue weighted by atomic mass is 10.0. The van der Waals surface area contributed by atoms with Gasteiger partial charge in [0.25, 0.3) is 0 Å². The van der Waals surface area contributed by atoms with E-state index in [2.05, 4.69) is 0 Å². The molecule has 0 aromatic rings. The summed E-state index contributed by atoms with van der Waals surface area (Å²) >= 11 is 0. The fourth-order valence-electron chi connectivity index (χ4n) is 0.537. The molecule has 0 aromatic carbocycles. The Morgan fingerprint density at radius 2 is 1.73 bits per heavy atom. The lowest BCUT2D eigenvalue weighted by molar-refractivity contribution is -0.149. The van der Waals surface area contributed by atoms with Crippen molar-refractivity contribution in [2.24, 2.45) is 5.92 Å². The van der Waals surface area contributed by atoms with Crippen LogP contribution in [-0.4, -0.2) is 33.4 Å². The Hall–Kier alpha value is -1.10. The molecule has 0 aromatic heterocycles. The summed E-state index contributed by atoms with van der Waals surface area (Å²) in [5, 5.41) is 25.2. The summed E-state index contributed by atoms with van der Waals surface area (Å²) in [4.78, 5) is 20.2. The Morgan fingerprint density at radius 1 is 1.27 bits per heavy atom. The number of carboxylic acids is 2. The second kappa shape index (κ2) is 3.92. The first-order chi connectivity index (χ1) is 4.95. The molecule has 0 radical (unpaired) electrons. The number of aliphatic carboxylic acids is 2. The smallest absolute Gasteiger partial charge is 0.332 e. The van der Waals surface area contributed by atoms with E-state index >= 15 is 0 Å². The second-order valence-electron chi connectivity index (χ2n) is 2.33. The van der Waals surface area contributed by atoms with Crippen molar-refractivity contribution in [3.63, 3.8) is 0 Å². The van der Waals surface area contributed by atoms with E-state index in [0.29, 0.717) is 0 Å². The van der Waals surface area contributed by atoms with Crippen LogP contribution in [0.15, 0.2) is 0 Å². The molecule has 11 heavy (non-hydrogen) atoms. The zero-order valence-electron chi connectivity index (χ0n) is 6.02. The first-order valence-electron chi connectivity index (χ1n) is 3.08. The van der Waals surface area contributed by atoms with Crippen LogP contribution in [0.4, 0.5) is 0 Å². The molecule has 0 fully saturated rings. The van der Waals surface area contributed by atoms with Crippen molar-refractivity contribution in [2.75, 3.05) is 0 Å².